The molecule has 0 fully saturated rings. The second-order valence-corrected chi connectivity index (χ2v) is 6.99. The van der Waals surface area contributed by atoms with Crippen LogP contribution in [-0.4, -0.2) is 47.1 Å². The lowest BCUT2D eigenvalue weighted by molar-refractivity contribution is -0.865. The lowest BCUT2D eigenvalue weighted by Crippen LogP contribution is -3.07. The van der Waals surface area contributed by atoms with Gasteiger partial charge < -0.3 is 19.4 Å². The van der Waals surface area contributed by atoms with Crippen molar-refractivity contribution in [2.24, 2.45) is 5.41 Å². The van der Waals surface area contributed by atoms with E-state index in [1.54, 1.807) is 0 Å². The minimum atomic E-state index is -1.08. The molecule has 0 amide bonds. The number of nitrogens with zero attached hydrogens (tertiary/aromatic N) is 3. The molecule has 1 rings (SSSR count). The van der Waals surface area contributed by atoms with Crippen molar-refractivity contribution in [2.75, 3.05) is 26.4 Å². The van der Waals surface area contributed by atoms with Crippen molar-refractivity contribution in [3.8, 4) is 0 Å². The van der Waals surface area contributed by atoms with Gasteiger partial charge in [0.15, 0.2) is 5.16 Å². The summed E-state index contributed by atoms with van der Waals surface area (Å²) in [4.78, 5) is 12.0. The Morgan fingerprint density at radius 2 is 2.05 bits per heavy atom. The van der Waals surface area contributed by atoms with E-state index in [1.165, 1.54) is 16.7 Å². The molecule has 1 aromatic heterocycles. The number of nitrogens with one attached hydrogen (secondary N) is 1. The number of carboxylic acids is 1. The molecule has 0 radical (unpaired) electrons. The fourth-order valence-electron chi connectivity index (χ4n) is 2.41. The maximum atomic E-state index is 10.6. The van der Waals surface area contributed by atoms with Crippen LogP contribution in [0.15, 0.2) is 5.16 Å². The number of aromatic nitrogens is 3. The van der Waals surface area contributed by atoms with Gasteiger partial charge in [-0.1, -0.05) is 32.5 Å². The monoisotopic (exact) mass is 300 g/mol. The molecule has 0 aliphatic heterocycles. The van der Waals surface area contributed by atoms with Crippen molar-refractivity contribution in [3.63, 3.8) is 0 Å². The number of quaternary nitrogens is 1. The van der Waals surface area contributed by atoms with E-state index in [1.807, 2.05) is 11.5 Å². The highest BCUT2D eigenvalue weighted by Gasteiger charge is 2.25. The maximum Gasteiger partial charge on any atom is 0.191 e. The predicted molar refractivity (Wildman–Crippen MR) is 76.6 cm³/mol. The number of rotatable bonds is 8. The first kappa shape index (κ1) is 17.0. The molecule has 1 N–H and O–H groups in total. The van der Waals surface area contributed by atoms with E-state index in [2.05, 4.69) is 38.1 Å². The first-order valence-electron chi connectivity index (χ1n) is 6.79. The first-order chi connectivity index (χ1) is 9.25. The third-order valence-corrected chi connectivity index (χ3v) is 3.79. The van der Waals surface area contributed by atoms with Crippen LogP contribution in [0.5, 0.6) is 0 Å². The second kappa shape index (κ2) is 7.08. The molecule has 0 saturated carbocycles. The Bertz CT molecular complexity index is 457. The van der Waals surface area contributed by atoms with Crippen molar-refractivity contribution in [1.82, 2.24) is 14.8 Å². The Morgan fingerprint density at radius 3 is 2.55 bits per heavy atom. The average Bonchev–Trinajstić information content (AvgIpc) is 2.66. The smallest absolute Gasteiger partial charge is 0.191 e. The predicted octanol–water partition coefficient (Wildman–Crippen LogP) is -1.15. The van der Waals surface area contributed by atoms with Crippen LogP contribution in [0.25, 0.3) is 0 Å². The van der Waals surface area contributed by atoms with Crippen LogP contribution in [0, 0.1) is 5.41 Å². The number of carbonyl (C=O) groups excluding carboxylic acids is 1. The second-order valence-electron chi connectivity index (χ2n) is 6.05. The largest absolute Gasteiger partial charge is 0.549 e. The van der Waals surface area contributed by atoms with Gasteiger partial charge >= 0.3 is 0 Å². The number of carbonyl (C=O) groups is 1. The van der Waals surface area contributed by atoms with Crippen LogP contribution in [-0.2, 0) is 17.8 Å². The third kappa shape index (κ3) is 5.13. The SMILES string of the molecule is CCc1nnc(SCC(=O)[O-])n1CC(C)(C)C[NH+](C)C. The van der Waals surface area contributed by atoms with Crippen molar-refractivity contribution in [1.29, 1.82) is 0 Å². The van der Waals surface area contributed by atoms with Gasteiger partial charge in [0.2, 0.25) is 0 Å². The van der Waals surface area contributed by atoms with E-state index in [-0.39, 0.29) is 11.2 Å². The molecule has 0 bridgehead atoms. The number of hydrogen-bond donors (Lipinski definition) is 1. The molecule has 0 aliphatic rings. The van der Waals surface area contributed by atoms with Gasteiger partial charge in [0, 0.05) is 24.1 Å². The van der Waals surface area contributed by atoms with Gasteiger partial charge in [0.05, 0.1) is 26.6 Å². The summed E-state index contributed by atoms with van der Waals surface area (Å²) < 4.78 is 2.04. The summed E-state index contributed by atoms with van der Waals surface area (Å²) in [6, 6.07) is 0. The highest BCUT2D eigenvalue weighted by atomic mass is 32.2. The van der Waals surface area contributed by atoms with Gasteiger partial charge in [-0.3, -0.25) is 0 Å². The molecule has 6 nitrogen and oxygen atoms in total. The molecular weight excluding hydrogens is 276 g/mol. The van der Waals surface area contributed by atoms with E-state index in [0.29, 0.717) is 5.16 Å². The first-order valence-corrected chi connectivity index (χ1v) is 7.77. The lowest BCUT2D eigenvalue weighted by Gasteiger charge is -2.27. The molecule has 0 spiro atoms. The number of hydrogen-bond acceptors (Lipinski definition) is 5. The highest BCUT2D eigenvalue weighted by molar-refractivity contribution is 7.99. The number of aryl methyl sites for hydroxylation is 1. The number of aliphatic carboxylic acids is 1. The van der Waals surface area contributed by atoms with E-state index < -0.39 is 5.97 Å². The van der Waals surface area contributed by atoms with E-state index in [0.717, 1.165) is 25.3 Å². The molecule has 20 heavy (non-hydrogen) atoms. The molecule has 0 unspecified atom stereocenters. The van der Waals surface area contributed by atoms with Crippen LogP contribution in [0.4, 0.5) is 0 Å². The summed E-state index contributed by atoms with van der Waals surface area (Å²) in [6.07, 6.45) is 0.782. The average molecular weight is 300 g/mol. The Morgan fingerprint density at radius 1 is 1.40 bits per heavy atom. The molecule has 0 aromatic carbocycles. The zero-order chi connectivity index (χ0) is 15.3. The molecule has 0 saturated heterocycles. The highest BCUT2D eigenvalue weighted by Crippen LogP contribution is 2.23. The van der Waals surface area contributed by atoms with Crippen LogP contribution >= 0.6 is 11.8 Å². The van der Waals surface area contributed by atoms with Crippen molar-refractivity contribution in [2.45, 2.75) is 38.9 Å². The molecular formula is C13H24N4O2S. The fraction of sp³-hybridized carbons (Fsp3) is 0.769. The molecule has 1 heterocycles. The van der Waals surface area contributed by atoms with E-state index in [9.17, 15) is 9.90 Å². The van der Waals surface area contributed by atoms with Crippen LogP contribution in [0.2, 0.25) is 0 Å². The topological polar surface area (TPSA) is 75.3 Å². The van der Waals surface area contributed by atoms with E-state index in [4.69, 9.17) is 0 Å². The minimum absolute atomic E-state index is 0.0852. The fourth-order valence-corrected chi connectivity index (χ4v) is 3.08. The van der Waals surface area contributed by atoms with E-state index >= 15 is 0 Å². The number of thioether (sulfide) groups is 1. The van der Waals surface area contributed by atoms with Gasteiger partial charge in [0.25, 0.3) is 0 Å². The summed E-state index contributed by atoms with van der Waals surface area (Å²) in [6.45, 7) is 8.22. The van der Waals surface area contributed by atoms with Crippen LogP contribution in [0.3, 0.4) is 0 Å². The quantitative estimate of drug-likeness (QED) is 0.614. The summed E-state index contributed by atoms with van der Waals surface area (Å²) in [5.74, 6) is -0.284. The third-order valence-electron chi connectivity index (χ3n) is 2.85. The summed E-state index contributed by atoms with van der Waals surface area (Å²) in [7, 11) is 4.25. The molecule has 114 valence electrons. The van der Waals surface area contributed by atoms with Gasteiger partial charge in [-0.05, 0) is 0 Å². The minimum Gasteiger partial charge on any atom is -0.549 e. The lowest BCUT2D eigenvalue weighted by atomic mass is 9.93. The summed E-state index contributed by atoms with van der Waals surface area (Å²) in [5, 5.41) is 19.5. The summed E-state index contributed by atoms with van der Waals surface area (Å²) >= 11 is 1.17. The summed E-state index contributed by atoms with van der Waals surface area (Å²) in [5.41, 5.74) is 0.0852. The van der Waals surface area contributed by atoms with Crippen molar-refractivity contribution in [3.05, 3.63) is 5.82 Å². The Hall–Kier alpha value is -1.08. The zero-order valence-corrected chi connectivity index (χ0v) is 13.7. The van der Waals surface area contributed by atoms with Crippen molar-refractivity contribution < 1.29 is 14.8 Å². The molecule has 7 heteroatoms. The Labute approximate surface area is 124 Å². The Kier molecular flexibility index (Phi) is 6.01. The van der Waals surface area contributed by atoms with Gasteiger partial charge in [-0.2, -0.15) is 0 Å². The van der Waals surface area contributed by atoms with Crippen LogP contribution in [0.1, 0.15) is 26.6 Å². The maximum absolute atomic E-state index is 10.6. The number of carboxylic acid groups (broad SMARTS) is 1. The normalized spacial score (nSPS) is 12.1. The molecule has 0 atom stereocenters. The van der Waals surface area contributed by atoms with Gasteiger partial charge in [-0.25, -0.2) is 0 Å². The molecule has 0 aliphatic carbocycles. The zero-order valence-electron chi connectivity index (χ0n) is 12.9. The van der Waals surface area contributed by atoms with Gasteiger partial charge in [-0.15, -0.1) is 10.2 Å². The standard InChI is InChI=1S/C13H24N4O2S/c1-6-10-14-15-12(20-7-11(18)19)17(10)9-13(2,3)8-16(4)5/h6-9H2,1-5H3,(H,18,19). The Balaban J connectivity index is 2.90. The van der Waals surface area contributed by atoms with Crippen molar-refractivity contribution >= 4 is 17.7 Å². The van der Waals surface area contributed by atoms with Crippen LogP contribution < -0.4 is 10.0 Å². The molecule has 1 aromatic rings. The van der Waals surface area contributed by atoms with Gasteiger partial charge in [0.1, 0.15) is 5.82 Å².